The third-order valence-electron chi connectivity index (χ3n) is 6.07. The lowest BCUT2D eigenvalue weighted by molar-refractivity contribution is -0.141. The van der Waals surface area contributed by atoms with E-state index < -0.39 is 17.8 Å². The molecule has 0 fully saturated rings. The van der Waals surface area contributed by atoms with Gasteiger partial charge in [-0.15, -0.1) is 0 Å². The minimum atomic E-state index is -0.700. The van der Waals surface area contributed by atoms with Crippen LogP contribution in [-0.2, 0) is 16.0 Å². The molecule has 39 heavy (non-hydrogen) atoms. The molecule has 0 aromatic heterocycles. The Labute approximate surface area is 229 Å². The number of aryl methyl sites for hydroxylation is 1. The number of ether oxygens (including phenoxy) is 1. The van der Waals surface area contributed by atoms with E-state index in [1.165, 1.54) is 15.4 Å². The maximum Gasteiger partial charge on any atom is 0.322 e. The lowest BCUT2D eigenvalue weighted by Crippen LogP contribution is -2.49. The molecular weight excluding hydrogens is 496 g/mol. The summed E-state index contributed by atoms with van der Waals surface area (Å²) in [6.45, 7) is 3.39. The number of carbonyl (C=O) groups excluding carboxylic acids is 3. The highest BCUT2D eigenvalue weighted by Crippen LogP contribution is 2.23. The third-order valence-corrected chi connectivity index (χ3v) is 6.07. The molecular formula is C30H36N4O5. The molecule has 0 radical (unpaired) electrons. The van der Waals surface area contributed by atoms with Crippen molar-refractivity contribution in [1.82, 2.24) is 15.3 Å². The Balaban J connectivity index is 1.65. The smallest absolute Gasteiger partial charge is 0.322 e. The molecule has 0 unspecified atom stereocenters. The molecule has 0 aliphatic carbocycles. The highest BCUT2D eigenvalue weighted by atomic mass is 16.5. The lowest BCUT2D eigenvalue weighted by atomic mass is 10.1. The summed E-state index contributed by atoms with van der Waals surface area (Å²) >= 11 is 0. The van der Waals surface area contributed by atoms with Crippen molar-refractivity contribution in [2.75, 3.05) is 25.0 Å². The number of para-hydroxylation sites is 1. The Kier molecular flexibility index (Phi) is 11.3. The van der Waals surface area contributed by atoms with Gasteiger partial charge in [0.2, 0.25) is 5.91 Å². The number of benzene rings is 3. The highest BCUT2D eigenvalue weighted by Gasteiger charge is 2.24. The van der Waals surface area contributed by atoms with E-state index in [1.807, 2.05) is 48.5 Å². The number of hydrogen-bond donors (Lipinski definition) is 3. The van der Waals surface area contributed by atoms with Crippen molar-refractivity contribution >= 4 is 23.5 Å². The van der Waals surface area contributed by atoms with E-state index in [1.54, 1.807) is 43.6 Å². The first-order valence-corrected chi connectivity index (χ1v) is 13.0. The monoisotopic (exact) mass is 532 g/mol. The first-order chi connectivity index (χ1) is 18.9. The van der Waals surface area contributed by atoms with Crippen LogP contribution in [0.25, 0.3) is 0 Å². The van der Waals surface area contributed by atoms with E-state index in [0.29, 0.717) is 30.2 Å². The molecule has 0 atom stereocenters. The second-order valence-electron chi connectivity index (χ2n) is 9.38. The number of carbonyl (C=O) groups is 3. The summed E-state index contributed by atoms with van der Waals surface area (Å²) < 4.78 is 5.81. The number of anilines is 1. The molecule has 3 rings (SSSR count). The molecule has 0 heterocycles. The first kappa shape index (κ1) is 29.2. The standard InChI is InChI=1S/C30H36N4O5/c1-23(2)34(21-28(35)32-38)29(36)22-33(20-10-9-13-24-11-5-3-6-12-24)30(37)31-25-16-18-27(19-17-25)39-26-14-7-4-8-15-26/h3-8,11-12,14-19,23,38H,9-10,13,20-22H2,1-2H3,(H,31,37)(H,32,35). The minimum Gasteiger partial charge on any atom is -0.457 e. The normalized spacial score (nSPS) is 10.6. The van der Waals surface area contributed by atoms with Gasteiger partial charge in [-0.25, -0.2) is 10.3 Å². The van der Waals surface area contributed by atoms with Gasteiger partial charge in [0.05, 0.1) is 0 Å². The van der Waals surface area contributed by atoms with Crippen LogP contribution in [-0.4, -0.2) is 58.5 Å². The maximum atomic E-state index is 13.3. The largest absolute Gasteiger partial charge is 0.457 e. The van der Waals surface area contributed by atoms with Crippen LogP contribution in [0.4, 0.5) is 10.5 Å². The number of hydrogen-bond acceptors (Lipinski definition) is 5. The van der Waals surface area contributed by atoms with Crippen molar-refractivity contribution in [3.8, 4) is 11.5 Å². The molecule has 3 aromatic rings. The van der Waals surface area contributed by atoms with Crippen LogP contribution in [0, 0.1) is 0 Å². The third kappa shape index (κ3) is 9.79. The average molecular weight is 533 g/mol. The molecule has 0 saturated heterocycles. The van der Waals surface area contributed by atoms with Crippen LogP contribution in [0.2, 0.25) is 0 Å². The Morgan fingerprint density at radius 2 is 1.44 bits per heavy atom. The summed E-state index contributed by atoms with van der Waals surface area (Å²) in [5.41, 5.74) is 3.32. The van der Waals surface area contributed by atoms with Gasteiger partial charge >= 0.3 is 6.03 Å². The summed E-state index contributed by atoms with van der Waals surface area (Å²) in [5, 5.41) is 11.8. The van der Waals surface area contributed by atoms with E-state index in [9.17, 15) is 14.4 Å². The zero-order valence-corrected chi connectivity index (χ0v) is 22.4. The number of unbranched alkanes of at least 4 members (excludes halogenated alkanes) is 1. The van der Waals surface area contributed by atoms with Crippen LogP contribution in [0.15, 0.2) is 84.9 Å². The van der Waals surface area contributed by atoms with E-state index in [4.69, 9.17) is 9.94 Å². The number of urea groups is 1. The van der Waals surface area contributed by atoms with Gasteiger partial charge < -0.3 is 19.9 Å². The molecule has 0 spiro atoms. The molecule has 9 heteroatoms. The second kappa shape index (κ2) is 15.1. The van der Waals surface area contributed by atoms with Crippen molar-refractivity contribution in [1.29, 1.82) is 0 Å². The zero-order chi connectivity index (χ0) is 28.0. The summed E-state index contributed by atoms with van der Waals surface area (Å²) in [5.74, 6) is 0.244. The second-order valence-corrected chi connectivity index (χ2v) is 9.38. The first-order valence-electron chi connectivity index (χ1n) is 13.0. The number of hydroxylamine groups is 1. The number of amides is 4. The van der Waals surface area contributed by atoms with Crippen LogP contribution in [0.5, 0.6) is 11.5 Å². The van der Waals surface area contributed by atoms with E-state index >= 15 is 0 Å². The Bertz CT molecular complexity index is 1190. The fourth-order valence-electron chi connectivity index (χ4n) is 3.97. The molecule has 0 aliphatic rings. The van der Waals surface area contributed by atoms with Crippen LogP contribution >= 0.6 is 0 Å². The molecule has 9 nitrogen and oxygen atoms in total. The van der Waals surface area contributed by atoms with Crippen molar-refractivity contribution < 1.29 is 24.3 Å². The van der Waals surface area contributed by atoms with Gasteiger partial charge in [0.1, 0.15) is 24.6 Å². The Morgan fingerprint density at radius 1 is 0.821 bits per heavy atom. The van der Waals surface area contributed by atoms with Crippen molar-refractivity contribution in [2.24, 2.45) is 0 Å². The quantitative estimate of drug-likeness (QED) is 0.162. The SMILES string of the molecule is CC(C)N(CC(=O)NO)C(=O)CN(CCCCc1ccccc1)C(=O)Nc1ccc(Oc2ccccc2)cc1. The van der Waals surface area contributed by atoms with Gasteiger partial charge in [-0.1, -0.05) is 48.5 Å². The summed E-state index contributed by atoms with van der Waals surface area (Å²) in [4.78, 5) is 40.9. The Morgan fingerprint density at radius 3 is 2.05 bits per heavy atom. The van der Waals surface area contributed by atoms with Crippen LogP contribution in [0.1, 0.15) is 32.3 Å². The number of rotatable bonds is 13. The highest BCUT2D eigenvalue weighted by molar-refractivity contribution is 5.93. The molecule has 0 saturated carbocycles. The topological polar surface area (TPSA) is 111 Å². The maximum absolute atomic E-state index is 13.3. The van der Waals surface area contributed by atoms with Crippen molar-refractivity contribution in [2.45, 2.75) is 39.2 Å². The molecule has 0 bridgehead atoms. The predicted octanol–water partition coefficient (Wildman–Crippen LogP) is 5.08. The van der Waals surface area contributed by atoms with Gasteiger partial charge in [0, 0.05) is 18.3 Å². The van der Waals surface area contributed by atoms with Crippen molar-refractivity contribution in [3.05, 3.63) is 90.5 Å². The predicted molar refractivity (Wildman–Crippen MR) is 150 cm³/mol. The molecule has 4 amide bonds. The van der Waals surface area contributed by atoms with Gasteiger partial charge in [-0.3, -0.25) is 14.8 Å². The fraction of sp³-hybridized carbons (Fsp3) is 0.300. The fourth-order valence-corrected chi connectivity index (χ4v) is 3.97. The summed E-state index contributed by atoms with van der Waals surface area (Å²) in [6.07, 6.45) is 2.40. The minimum absolute atomic E-state index is 0.205. The van der Waals surface area contributed by atoms with E-state index in [0.717, 1.165) is 12.8 Å². The summed E-state index contributed by atoms with van der Waals surface area (Å²) in [7, 11) is 0. The van der Waals surface area contributed by atoms with Crippen LogP contribution < -0.4 is 15.5 Å². The molecule has 3 aromatic carbocycles. The van der Waals surface area contributed by atoms with Gasteiger partial charge in [-0.05, 0) is 75.1 Å². The molecule has 3 N–H and O–H groups in total. The van der Waals surface area contributed by atoms with Crippen LogP contribution in [0.3, 0.4) is 0 Å². The number of nitrogens with one attached hydrogen (secondary N) is 2. The van der Waals surface area contributed by atoms with Gasteiger partial charge in [-0.2, -0.15) is 0 Å². The number of nitrogens with zero attached hydrogens (tertiary/aromatic N) is 2. The lowest BCUT2D eigenvalue weighted by Gasteiger charge is -2.29. The van der Waals surface area contributed by atoms with Gasteiger partial charge in [0.25, 0.3) is 5.91 Å². The zero-order valence-electron chi connectivity index (χ0n) is 22.4. The average Bonchev–Trinajstić information content (AvgIpc) is 2.95. The van der Waals surface area contributed by atoms with E-state index in [-0.39, 0.29) is 19.1 Å². The Hall–Kier alpha value is -4.37. The summed E-state index contributed by atoms with van der Waals surface area (Å²) in [6, 6.07) is 25.7. The van der Waals surface area contributed by atoms with Crippen molar-refractivity contribution in [3.63, 3.8) is 0 Å². The molecule has 206 valence electrons. The molecule has 0 aliphatic heterocycles. The van der Waals surface area contributed by atoms with E-state index in [2.05, 4.69) is 17.4 Å². The van der Waals surface area contributed by atoms with Gasteiger partial charge in [0.15, 0.2) is 0 Å².